The average molecular weight is 470 g/mol. The van der Waals surface area contributed by atoms with Gasteiger partial charge in [0.1, 0.15) is 16.4 Å². The predicted molar refractivity (Wildman–Crippen MR) is 124 cm³/mol. The molecule has 5 rings (SSSR count). The van der Waals surface area contributed by atoms with Gasteiger partial charge in [0, 0.05) is 4.88 Å². The summed E-state index contributed by atoms with van der Waals surface area (Å²) in [6.07, 6.45) is 5.63. The van der Waals surface area contributed by atoms with E-state index in [2.05, 4.69) is 5.32 Å². The van der Waals surface area contributed by atoms with Crippen LogP contribution in [0.15, 0.2) is 57.0 Å². The molecule has 0 spiro atoms. The fraction of sp³-hybridized carbons (Fsp3) is 0.261. The van der Waals surface area contributed by atoms with E-state index < -0.39 is 5.82 Å². The number of thiophene rings is 1. The van der Waals surface area contributed by atoms with Gasteiger partial charge in [-0.3, -0.25) is 14.2 Å². The molecule has 6 nitrogen and oxygen atoms in total. The van der Waals surface area contributed by atoms with E-state index in [0.717, 1.165) is 47.8 Å². The number of nitrogens with one attached hydrogen (secondary N) is 1. The molecular weight excluding hydrogens is 449 g/mol. The fourth-order valence-electron chi connectivity index (χ4n) is 3.91. The van der Waals surface area contributed by atoms with Gasteiger partial charge in [-0.25, -0.2) is 9.37 Å². The van der Waals surface area contributed by atoms with E-state index in [1.165, 1.54) is 17.0 Å². The minimum Gasteiger partial charge on any atom is -0.467 e. The molecule has 0 aliphatic heterocycles. The Morgan fingerprint density at radius 3 is 2.88 bits per heavy atom. The normalized spacial score (nSPS) is 13.3. The molecule has 0 bridgehead atoms. The number of hydrogen-bond donors (Lipinski definition) is 1. The first kappa shape index (κ1) is 21.0. The van der Waals surface area contributed by atoms with Crippen LogP contribution in [0.5, 0.6) is 0 Å². The Kier molecular flexibility index (Phi) is 5.84. The number of anilines is 1. The van der Waals surface area contributed by atoms with Crippen LogP contribution in [-0.4, -0.2) is 21.2 Å². The van der Waals surface area contributed by atoms with E-state index >= 15 is 0 Å². The first-order chi connectivity index (χ1) is 15.6. The smallest absolute Gasteiger partial charge is 0.263 e. The molecule has 3 aromatic heterocycles. The lowest BCUT2D eigenvalue weighted by molar-refractivity contribution is -0.113. The van der Waals surface area contributed by atoms with Crippen LogP contribution in [-0.2, 0) is 24.2 Å². The fourth-order valence-corrected chi connectivity index (χ4v) is 6.01. The van der Waals surface area contributed by atoms with Gasteiger partial charge in [0.05, 0.1) is 29.6 Å². The highest BCUT2D eigenvalue weighted by Crippen LogP contribution is 2.34. The standard InChI is InChI=1S/C23H20FN3O3S2/c24-16-8-2-3-9-17(16)25-19(28)13-31-23-26-21-20(15-7-1-4-10-18(15)32-21)22(29)27(23)12-14-6-5-11-30-14/h2-3,5-6,8-9,11H,1,4,7,10,12-13H2,(H,25,28). The summed E-state index contributed by atoms with van der Waals surface area (Å²) in [5, 5.41) is 3.71. The summed E-state index contributed by atoms with van der Waals surface area (Å²) in [4.78, 5) is 32.7. The third-order valence-electron chi connectivity index (χ3n) is 5.41. The average Bonchev–Trinajstić information content (AvgIpc) is 3.43. The Hall–Kier alpha value is -2.91. The largest absolute Gasteiger partial charge is 0.467 e. The molecule has 3 heterocycles. The lowest BCUT2D eigenvalue weighted by Gasteiger charge is -2.13. The molecule has 1 N–H and O–H groups in total. The number of carbonyl (C=O) groups excluding carboxylic acids is 1. The number of furan rings is 1. The van der Waals surface area contributed by atoms with Crippen LogP contribution in [0.2, 0.25) is 0 Å². The molecule has 1 aliphatic carbocycles. The molecule has 0 radical (unpaired) electrons. The van der Waals surface area contributed by atoms with Crippen molar-refractivity contribution in [3.05, 3.63) is 75.0 Å². The number of thioether (sulfide) groups is 1. The minimum atomic E-state index is -0.496. The van der Waals surface area contributed by atoms with Gasteiger partial charge in [-0.2, -0.15) is 0 Å². The first-order valence-electron chi connectivity index (χ1n) is 10.3. The van der Waals surface area contributed by atoms with Crippen LogP contribution in [0.4, 0.5) is 10.1 Å². The third kappa shape index (κ3) is 4.10. The molecule has 32 heavy (non-hydrogen) atoms. The van der Waals surface area contributed by atoms with Gasteiger partial charge in [-0.15, -0.1) is 11.3 Å². The number of carbonyl (C=O) groups is 1. The second kappa shape index (κ2) is 8.91. The van der Waals surface area contributed by atoms with Crippen molar-refractivity contribution >= 4 is 44.9 Å². The molecule has 0 saturated carbocycles. The number of rotatable bonds is 6. The number of nitrogens with zero attached hydrogens (tertiary/aromatic N) is 2. The molecule has 164 valence electrons. The number of halogens is 1. The zero-order valence-electron chi connectivity index (χ0n) is 17.1. The van der Waals surface area contributed by atoms with E-state index in [-0.39, 0.29) is 29.5 Å². The third-order valence-corrected chi connectivity index (χ3v) is 7.58. The summed E-state index contributed by atoms with van der Waals surface area (Å²) in [5.41, 5.74) is 1.14. The maximum absolute atomic E-state index is 13.8. The van der Waals surface area contributed by atoms with Crippen LogP contribution >= 0.6 is 23.1 Å². The minimum absolute atomic E-state index is 0.00444. The maximum Gasteiger partial charge on any atom is 0.263 e. The highest BCUT2D eigenvalue weighted by Gasteiger charge is 2.23. The molecule has 9 heteroatoms. The summed E-state index contributed by atoms with van der Waals surface area (Å²) in [6, 6.07) is 9.59. The Morgan fingerprint density at radius 2 is 2.06 bits per heavy atom. The van der Waals surface area contributed by atoms with Crippen LogP contribution in [0.1, 0.15) is 29.0 Å². The molecule has 1 aromatic carbocycles. The lowest BCUT2D eigenvalue weighted by Crippen LogP contribution is -2.25. The van der Waals surface area contributed by atoms with Crippen LogP contribution in [0.3, 0.4) is 0 Å². The van der Waals surface area contributed by atoms with E-state index in [0.29, 0.717) is 16.3 Å². The van der Waals surface area contributed by atoms with Gasteiger partial charge in [0.25, 0.3) is 5.56 Å². The molecule has 0 atom stereocenters. The SMILES string of the molecule is O=C(CSc1nc2sc3c(c2c(=O)n1Cc1ccco1)CCCC3)Nc1ccccc1F. The second-order valence-corrected chi connectivity index (χ2v) is 9.60. The van der Waals surface area contributed by atoms with Crippen molar-refractivity contribution in [3.8, 4) is 0 Å². The van der Waals surface area contributed by atoms with Gasteiger partial charge in [0.2, 0.25) is 5.91 Å². The lowest BCUT2D eigenvalue weighted by atomic mass is 9.97. The number of aryl methyl sites for hydroxylation is 2. The van der Waals surface area contributed by atoms with Crippen LogP contribution < -0.4 is 10.9 Å². The topological polar surface area (TPSA) is 77.1 Å². The Bertz CT molecular complexity index is 1340. The molecular formula is C23H20FN3O3S2. The Balaban J connectivity index is 1.47. The van der Waals surface area contributed by atoms with Gasteiger partial charge in [0.15, 0.2) is 5.16 Å². The van der Waals surface area contributed by atoms with Crippen molar-refractivity contribution in [2.75, 3.05) is 11.1 Å². The summed E-state index contributed by atoms with van der Waals surface area (Å²) in [5.74, 6) is -0.237. The number of para-hydroxylation sites is 1. The molecule has 0 unspecified atom stereocenters. The highest BCUT2D eigenvalue weighted by atomic mass is 32.2. The molecule has 4 aromatic rings. The quantitative estimate of drug-likeness (QED) is 0.323. The summed E-state index contributed by atoms with van der Waals surface area (Å²) >= 11 is 2.73. The molecule has 1 aliphatic rings. The van der Waals surface area contributed by atoms with Crippen molar-refractivity contribution in [2.45, 2.75) is 37.4 Å². The van der Waals surface area contributed by atoms with Gasteiger partial charge >= 0.3 is 0 Å². The molecule has 0 fully saturated rings. The van der Waals surface area contributed by atoms with Crippen molar-refractivity contribution < 1.29 is 13.6 Å². The van der Waals surface area contributed by atoms with Crippen molar-refractivity contribution in [1.82, 2.24) is 9.55 Å². The van der Waals surface area contributed by atoms with Gasteiger partial charge < -0.3 is 9.73 Å². The number of fused-ring (bicyclic) bond motifs is 3. The number of benzene rings is 1. The number of aromatic nitrogens is 2. The van der Waals surface area contributed by atoms with E-state index in [1.54, 1.807) is 46.4 Å². The van der Waals surface area contributed by atoms with Gasteiger partial charge in [-0.1, -0.05) is 23.9 Å². The second-order valence-electron chi connectivity index (χ2n) is 7.57. The zero-order chi connectivity index (χ0) is 22.1. The van der Waals surface area contributed by atoms with Crippen molar-refractivity contribution in [1.29, 1.82) is 0 Å². The predicted octanol–water partition coefficient (Wildman–Crippen LogP) is 4.85. The summed E-state index contributed by atoms with van der Waals surface area (Å²) < 4.78 is 20.9. The van der Waals surface area contributed by atoms with Gasteiger partial charge in [-0.05, 0) is 55.5 Å². The van der Waals surface area contributed by atoms with Crippen LogP contribution in [0.25, 0.3) is 10.2 Å². The zero-order valence-corrected chi connectivity index (χ0v) is 18.7. The maximum atomic E-state index is 13.8. The van der Waals surface area contributed by atoms with Crippen molar-refractivity contribution in [3.63, 3.8) is 0 Å². The summed E-state index contributed by atoms with van der Waals surface area (Å²) in [6.45, 7) is 0.233. The first-order valence-corrected chi connectivity index (χ1v) is 12.1. The van der Waals surface area contributed by atoms with Crippen molar-refractivity contribution in [2.24, 2.45) is 0 Å². The molecule has 1 amide bonds. The number of amides is 1. The van der Waals surface area contributed by atoms with E-state index in [9.17, 15) is 14.0 Å². The van der Waals surface area contributed by atoms with Crippen LogP contribution in [0, 0.1) is 5.82 Å². The monoisotopic (exact) mass is 469 g/mol. The van der Waals surface area contributed by atoms with E-state index in [4.69, 9.17) is 9.40 Å². The Labute approximate surface area is 191 Å². The summed E-state index contributed by atoms with van der Waals surface area (Å²) in [7, 11) is 0. The molecule has 0 saturated heterocycles. The Morgan fingerprint density at radius 1 is 1.22 bits per heavy atom. The van der Waals surface area contributed by atoms with E-state index in [1.807, 2.05) is 0 Å². The number of hydrogen-bond acceptors (Lipinski definition) is 6. The highest BCUT2D eigenvalue weighted by molar-refractivity contribution is 7.99.